The first kappa shape index (κ1) is 17.0. The molecule has 2 atom stereocenters. The number of nitrogens with one attached hydrogen (secondary N) is 1. The van der Waals surface area contributed by atoms with Gasteiger partial charge in [0.1, 0.15) is 6.04 Å². The zero-order valence-corrected chi connectivity index (χ0v) is 13.1. The highest BCUT2D eigenvalue weighted by molar-refractivity contribution is 5.84. The Morgan fingerprint density at radius 2 is 2.19 bits per heavy atom. The van der Waals surface area contributed by atoms with E-state index in [-0.39, 0.29) is 18.1 Å². The van der Waals surface area contributed by atoms with Gasteiger partial charge in [-0.05, 0) is 31.5 Å². The van der Waals surface area contributed by atoms with Crippen LogP contribution in [-0.2, 0) is 9.53 Å². The van der Waals surface area contributed by atoms with Crippen molar-refractivity contribution in [1.82, 2.24) is 4.90 Å². The van der Waals surface area contributed by atoms with Crippen LogP contribution < -0.4 is 5.32 Å². The summed E-state index contributed by atoms with van der Waals surface area (Å²) in [7, 11) is 3.38. The maximum Gasteiger partial charge on any atom is 0.244 e. The lowest BCUT2D eigenvalue weighted by Crippen LogP contribution is -2.39. The summed E-state index contributed by atoms with van der Waals surface area (Å²) in [6.07, 6.45) is 0.353. The Morgan fingerprint density at radius 3 is 2.81 bits per heavy atom. The minimum Gasteiger partial charge on any atom is -0.377 e. The molecule has 0 fully saturated rings. The first-order chi connectivity index (χ1) is 9.99. The van der Waals surface area contributed by atoms with Gasteiger partial charge in [-0.25, -0.2) is 0 Å². The van der Waals surface area contributed by atoms with Crippen molar-refractivity contribution in [3.05, 3.63) is 29.8 Å². The lowest BCUT2D eigenvalue weighted by molar-refractivity contribution is -0.130. The second-order valence-electron chi connectivity index (χ2n) is 5.04. The number of hydrogen-bond acceptors (Lipinski definition) is 4. The predicted octanol–water partition coefficient (Wildman–Crippen LogP) is 2.57. The molecule has 0 spiro atoms. The summed E-state index contributed by atoms with van der Waals surface area (Å²) in [4.78, 5) is 13.7. The fourth-order valence-corrected chi connectivity index (χ4v) is 1.99. The van der Waals surface area contributed by atoms with E-state index in [0.717, 1.165) is 11.3 Å². The van der Waals surface area contributed by atoms with Gasteiger partial charge in [-0.3, -0.25) is 4.79 Å². The molecule has 0 aliphatic heterocycles. The van der Waals surface area contributed by atoms with Crippen LogP contribution in [0, 0.1) is 11.3 Å². The smallest absolute Gasteiger partial charge is 0.244 e. The first-order valence-corrected chi connectivity index (χ1v) is 7.00. The van der Waals surface area contributed by atoms with Crippen molar-refractivity contribution >= 4 is 11.6 Å². The second-order valence-corrected chi connectivity index (χ2v) is 5.04. The molecule has 0 aliphatic carbocycles. The predicted molar refractivity (Wildman–Crippen MR) is 82.8 cm³/mol. The Kier molecular flexibility index (Phi) is 6.70. The molecule has 0 bridgehead atoms. The van der Waals surface area contributed by atoms with Crippen molar-refractivity contribution in [1.29, 1.82) is 5.26 Å². The minimum atomic E-state index is -0.346. The summed E-state index contributed by atoms with van der Waals surface area (Å²) >= 11 is 0. The summed E-state index contributed by atoms with van der Waals surface area (Å²) in [5.41, 5.74) is 1.94. The van der Waals surface area contributed by atoms with Crippen molar-refractivity contribution in [2.45, 2.75) is 32.4 Å². The number of methoxy groups -OCH3 is 1. The molecule has 0 saturated heterocycles. The zero-order chi connectivity index (χ0) is 15.8. The molecule has 1 aromatic rings. The van der Waals surface area contributed by atoms with Gasteiger partial charge in [0.15, 0.2) is 0 Å². The van der Waals surface area contributed by atoms with Gasteiger partial charge in [0, 0.05) is 26.4 Å². The Hall–Kier alpha value is -2.06. The second kappa shape index (κ2) is 8.28. The summed E-state index contributed by atoms with van der Waals surface area (Å²) in [5.74, 6) is -0.0320. The normalized spacial score (nSPS) is 13.1. The SMILES string of the molecule is CO[C@H](C)c1cccc(N[C@H](C)C(=O)N(C)CCC#N)c1. The lowest BCUT2D eigenvalue weighted by atomic mass is 10.1. The average molecular weight is 289 g/mol. The molecular formula is C16H23N3O2. The third-order valence-corrected chi connectivity index (χ3v) is 3.40. The Morgan fingerprint density at radius 1 is 1.48 bits per heavy atom. The molecule has 0 heterocycles. The molecule has 0 saturated carbocycles. The van der Waals surface area contributed by atoms with Crippen molar-refractivity contribution < 1.29 is 9.53 Å². The van der Waals surface area contributed by atoms with Crippen LogP contribution in [-0.4, -0.2) is 37.6 Å². The summed E-state index contributed by atoms with van der Waals surface area (Å²) in [5, 5.41) is 11.7. The lowest BCUT2D eigenvalue weighted by Gasteiger charge is -2.22. The van der Waals surface area contributed by atoms with Gasteiger partial charge in [0.2, 0.25) is 5.91 Å². The Labute approximate surface area is 126 Å². The summed E-state index contributed by atoms with van der Waals surface area (Å²) < 4.78 is 5.29. The van der Waals surface area contributed by atoms with Crippen molar-refractivity contribution in [3.63, 3.8) is 0 Å². The molecule has 0 aromatic heterocycles. The molecule has 1 N–H and O–H groups in total. The van der Waals surface area contributed by atoms with Gasteiger partial charge >= 0.3 is 0 Å². The number of ether oxygens (including phenoxy) is 1. The van der Waals surface area contributed by atoms with Gasteiger partial charge in [-0.15, -0.1) is 0 Å². The largest absolute Gasteiger partial charge is 0.377 e. The summed E-state index contributed by atoms with van der Waals surface area (Å²) in [6, 6.07) is 9.52. The quantitative estimate of drug-likeness (QED) is 0.838. The number of nitriles is 1. The Balaban J connectivity index is 2.68. The zero-order valence-electron chi connectivity index (χ0n) is 13.1. The maximum atomic E-state index is 12.2. The molecule has 5 heteroatoms. The van der Waals surface area contributed by atoms with E-state index in [4.69, 9.17) is 10.00 Å². The third kappa shape index (κ3) is 5.09. The number of amides is 1. The van der Waals surface area contributed by atoms with E-state index in [1.54, 1.807) is 19.1 Å². The van der Waals surface area contributed by atoms with Crippen molar-refractivity contribution in [2.24, 2.45) is 0 Å². The monoisotopic (exact) mass is 289 g/mol. The molecule has 21 heavy (non-hydrogen) atoms. The van der Waals surface area contributed by atoms with Crippen molar-refractivity contribution in [3.8, 4) is 6.07 Å². The van der Waals surface area contributed by atoms with Crippen molar-refractivity contribution in [2.75, 3.05) is 26.0 Å². The van der Waals surface area contributed by atoms with Crippen LogP contribution in [0.25, 0.3) is 0 Å². The molecule has 0 unspecified atom stereocenters. The molecule has 1 amide bonds. The molecular weight excluding hydrogens is 266 g/mol. The van der Waals surface area contributed by atoms with Crippen LogP contribution in [0.5, 0.6) is 0 Å². The highest BCUT2D eigenvalue weighted by atomic mass is 16.5. The van der Waals surface area contributed by atoms with Gasteiger partial charge in [0.05, 0.1) is 18.6 Å². The molecule has 1 aromatic carbocycles. The molecule has 5 nitrogen and oxygen atoms in total. The topological polar surface area (TPSA) is 65.4 Å². The minimum absolute atomic E-state index is 0.0102. The molecule has 0 aliphatic rings. The van der Waals surface area contributed by atoms with Crippen LogP contribution in [0.3, 0.4) is 0 Å². The van der Waals surface area contributed by atoms with Crippen LogP contribution in [0.15, 0.2) is 24.3 Å². The van der Waals surface area contributed by atoms with Crippen LogP contribution in [0.4, 0.5) is 5.69 Å². The molecule has 114 valence electrons. The number of likely N-dealkylation sites (N-methyl/N-ethyl adjacent to an activating group) is 1. The fourth-order valence-electron chi connectivity index (χ4n) is 1.99. The van der Waals surface area contributed by atoms with Crippen LogP contribution in [0.2, 0.25) is 0 Å². The standard InChI is InChI=1S/C16H23N3O2/c1-12(16(20)19(3)10-6-9-17)18-15-8-5-7-14(11-15)13(2)21-4/h5,7-8,11-13,18H,6,10H2,1-4H3/t12-,13-/m1/s1. The van der Waals surface area contributed by atoms with E-state index < -0.39 is 0 Å². The molecule has 0 radical (unpaired) electrons. The molecule has 1 rings (SSSR count). The number of anilines is 1. The van der Waals surface area contributed by atoms with Gasteiger partial charge in [0.25, 0.3) is 0 Å². The van der Waals surface area contributed by atoms with E-state index in [2.05, 4.69) is 5.32 Å². The van der Waals surface area contributed by atoms with Crippen LogP contribution >= 0.6 is 0 Å². The highest BCUT2D eigenvalue weighted by Gasteiger charge is 2.17. The van der Waals surface area contributed by atoms with E-state index in [9.17, 15) is 4.79 Å². The first-order valence-electron chi connectivity index (χ1n) is 7.00. The van der Waals surface area contributed by atoms with Gasteiger partial charge < -0.3 is 15.0 Å². The number of nitrogens with zero attached hydrogens (tertiary/aromatic N) is 2. The number of rotatable bonds is 7. The van der Waals surface area contributed by atoms with Gasteiger partial charge in [-0.1, -0.05) is 12.1 Å². The average Bonchev–Trinajstić information content (AvgIpc) is 2.51. The number of hydrogen-bond donors (Lipinski definition) is 1. The van der Waals surface area contributed by atoms with Gasteiger partial charge in [-0.2, -0.15) is 5.26 Å². The van der Waals surface area contributed by atoms with E-state index in [1.807, 2.05) is 44.2 Å². The fraction of sp³-hybridized carbons (Fsp3) is 0.500. The van der Waals surface area contributed by atoms with Crippen LogP contribution in [0.1, 0.15) is 31.9 Å². The third-order valence-electron chi connectivity index (χ3n) is 3.40. The summed E-state index contributed by atoms with van der Waals surface area (Å²) in [6.45, 7) is 4.24. The Bertz CT molecular complexity index is 510. The number of carbonyl (C=O) groups excluding carboxylic acids is 1. The highest BCUT2D eigenvalue weighted by Crippen LogP contribution is 2.20. The van der Waals surface area contributed by atoms with E-state index >= 15 is 0 Å². The van der Waals surface area contributed by atoms with E-state index in [1.165, 1.54) is 0 Å². The number of benzene rings is 1. The van der Waals surface area contributed by atoms with E-state index in [0.29, 0.717) is 13.0 Å². The number of carbonyl (C=O) groups is 1. The maximum absolute atomic E-state index is 12.2.